The lowest BCUT2D eigenvalue weighted by Crippen LogP contribution is -2.47. The van der Waals surface area contributed by atoms with Crippen molar-refractivity contribution in [3.05, 3.63) is 59.2 Å². The van der Waals surface area contributed by atoms with E-state index < -0.39 is 10.0 Å². The molecule has 174 valence electrons. The lowest BCUT2D eigenvalue weighted by Gasteiger charge is -2.31. The van der Waals surface area contributed by atoms with E-state index in [1.54, 1.807) is 24.3 Å². The average molecular weight is 460 g/mol. The number of para-hydroxylation sites is 1. The number of rotatable bonds is 9. The zero-order valence-electron chi connectivity index (χ0n) is 19.1. The summed E-state index contributed by atoms with van der Waals surface area (Å²) in [5.41, 5.74) is 3.04. The SMILES string of the molecule is Cc1cccc(C)c1OCCCC(=O)NCc1ccc(S(=O)(=O)N2CCN(C)CC2)cc1. The van der Waals surface area contributed by atoms with Gasteiger partial charge in [-0.2, -0.15) is 4.31 Å². The number of hydrogen-bond donors (Lipinski definition) is 1. The van der Waals surface area contributed by atoms with E-state index in [1.807, 2.05) is 39.1 Å². The summed E-state index contributed by atoms with van der Waals surface area (Å²) in [6, 6.07) is 12.8. The van der Waals surface area contributed by atoms with Gasteiger partial charge in [-0.15, -0.1) is 0 Å². The van der Waals surface area contributed by atoms with Crippen molar-refractivity contribution in [1.29, 1.82) is 0 Å². The van der Waals surface area contributed by atoms with Crippen LogP contribution in [0.3, 0.4) is 0 Å². The molecule has 0 bridgehead atoms. The molecule has 1 heterocycles. The van der Waals surface area contributed by atoms with Gasteiger partial charge in [-0.05, 0) is 56.1 Å². The highest BCUT2D eigenvalue weighted by molar-refractivity contribution is 7.89. The lowest BCUT2D eigenvalue weighted by atomic mass is 10.1. The zero-order valence-corrected chi connectivity index (χ0v) is 20.0. The van der Waals surface area contributed by atoms with Gasteiger partial charge in [0, 0.05) is 39.1 Å². The smallest absolute Gasteiger partial charge is 0.243 e. The number of carbonyl (C=O) groups excluding carboxylic acids is 1. The van der Waals surface area contributed by atoms with Crippen LogP contribution in [0.15, 0.2) is 47.4 Å². The normalized spacial score (nSPS) is 15.5. The molecule has 1 aliphatic rings. The molecule has 1 N–H and O–H groups in total. The van der Waals surface area contributed by atoms with Gasteiger partial charge in [0.1, 0.15) is 5.75 Å². The first-order chi connectivity index (χ1) is 15.3. The second kappa shape index (κ2) is 10.9. The van der Waals surface area contributed by atoms with Crippen LogP contribution in [0.1, 0.15) is 29.5 Å². The fraction of sp³-hybridized carbons (Fsp3) is 0.458. The number of carbonyl (C=O) groups is 1. The molecule has 0 saturated carbocycles. The summed E-state index contributed by atoms with van der Waals surface area (Å²) in [6.07, 6.45) is 1.00. The third kappa shape index (κ3) is 6.31. The summed E-state index contributed by atoms with van der Waals surface area (Å²) in [7, 11) is -1.48. The van der Waals surface area contributed by atoms with Gasteiger partial charge in [0.05, 0.1) is 11.5 Å². The molecule has 2 aromatic carbocycles. The number of sulfonamides is 1. The quantitative estimate of drug-likeness (QED) is 0.584. The first-order valence-electron chi connectivity index (χ1n) is 11.0. The highest BCUT2D eigenvalue weighted by Gasteiger charge is 2.27. The van der Waals surface area contributed by atoms with Crippen molar-refractivity contribution in [3.8, 4) is 5.75 Å². The highest BCUT2D eigenvalue weighted by Crippen LogP contribution is 2.22. The molecular weight excluding hydrogens is 426 g/mol. The third-order valence-corrected chi connectivity index (χ3v) is 7.63. The lowest BCUT2D eigenvalue weighted by molar-refractivity contribution is -0.121. The zero-order chi connectivity index (χ0) is 23.1. The van der Waals surface area contributed by atoms with E-state index in [9.17, 15) is 13.2 Å². The number of aryl methyl sites for hydroxylation is 2. The highest BCUT2D eigenvalue weighted by atomic mass is 32.2. The molecule has 1 saturated heterocycles. The van der Waals surface area contributed by atoms with Crippen LogP contribution in [0.2, 0.25) is 0 Å². The van der Waals surface area contributed by atoms with Gasteiger partial charge in [0.25, 0.3) is 0 Å². The monoisotopic (exact) mass is 459 g/mol. The molecule has 1 amide bonds. The van der Waals surface area contributed by atoms with Crippen molar-refractivity contribution in [2.45, 2.75) is 38.1 Å². The molecule has 0 unspecified atom stereocenters. The first kappa shape index (κ1) is 24.2. The van der Waals surface area contributed by atoms with E-state index in [0.29, 0.717) is 44.0 Å². The number of nitrogens with one attached hydrogen (secondary N) is 1. The maximum atomic E-state index is 12.8. The minimum Gasteiger partial charge on any atom is -0.493 e. The van der Waals surface area contributed by atoms with Crippen LogP contribution < -0.4 is 10.1 Å². The van der Waals surface area contributed by atoms with Gasteiger partial charge in [0.15, 0.2) is 0 Å². The molecule has 3 rings (SSSR count). The predicted octanol–water partition coefficient (Wildman–Crippen LogP) is 2.71. The third-order valence-electron chi connectivity index (χ3n) is 5.72. The van der Waals surface area contributed by atoms with Gasteiger partial charge in [-0.3, -0.25) is 4.79 Å². The van der Waals surface area contributed by atoms with Crippen LogP contribution >= 0.6 is 0 Å². The van der Waals surface area contributed by atoms with Crippen LogP contribution in [0, 0.1) is 13.8 Å². The molecule has 0 atom stereocenters. The summed E-state index contributed by atoms with van der Waals surface area (Å²) < 4.78 is 32.9. The summed E-state index contributed by atoms with van der Waals surface area (Å²) in [5, 5.41) is 2.89. The number of benzene rings is 2. The van der Waals surface area contributed by atoms with Crippen LogP contribution in [0.4, 0.5) is 0 Å². The maximum Gasteiger partial charge on any atom is 0.243 e. The topological polar surface area (TPSA) is 78.9 Å². The predicted molar refractivity (Wildman–Crippen MR) is 125 cm³/mol. The average Bonchev–Trinajstić information content (AvgIpc) is 2.77. The number of hydrogen-bond acceptors (Lipinski definition) is 5. The molecule has 8 heteroatoms. The summed E-state index contributed by atoms with van der Waals surface area (Å²) in [5.74, 6) is 0.837. The van der Waals surface area contributed by atoms with Gasteiger partial charge >= 0.3 is 0 Å². The van der Waals surface area contributed by atoms with Crippen molar-refractivity contribution in [3.63, 3.8) is 0 Å². The number of nitrogens with zero attached hydrogens (tertiary/aromatic N) is 2. The molecular formula is C24H33N3O4S. The Hall–Kier alpha value is -2.42. The van der Waals surface area contributed by atoms with Gasteiger partial charge in [-0.25, -0.2) is 8.42 Å². The van der Waals surface area contributed by atoms with Crippen molar-refractivity contribution in [2.24, 2.45) is 0 Å². The number of ether oxygens (including phenoxy) is 1. The Morgan fingerprint density at radius 1 is 1.00 bits per heavy atom. The molecule has 7 nitrogen and oxygen atoms in total. The van der Waals surface area contributed by atoms with Gasteiger partial charge in [0.2, 0.25) is 15.9 Å². The Morgan fingerprint density at radius 3 is 2.25 bits per heavy atom. The molecule has 0 aliphatic carbocycles. The van der Waals surface area contributed by atoms with Crippen LogP contribution in [0.25, 0.3) is 0 Å². The second-order valence-electron chi connectivity index (χ2n) is 8.30. The van der Waals surface area contributed by atoms with Crippen LogP contribution in [0.5, 0.6) is 5.75 Å². The van der Waals surface area contributed by atoms with E-state index in [0.717, 1.165) is 35.5 Å². The number of likely N-dealkylation sites (N-methyl/N-ethyl adjacent to an activating group) is 1. The van der Waals surface area contributed by atoms with Crippen LogP contribution in [-0.4, -0.2) is 63.4 Å². The fourth-order valence-corrected chi connectivity index (χ4v) is 5.10. The molecule has 0 aromatic heterocycles. The minimum absolute atomic E-state index is 0.0516. The van der Waals surface area contributed by atoms with E-state index in [-0.39, 0.29) is 5.91 Å². The van der Waals surface area contributed by atoms with E-state index in [2.05, 4.69) is 10.2 Å². The fourth-order valence-electron chi connectivity index (χ4n) is 3.68. The van der Waals surface area contributed by atoms with E-state index in [4.69, 9.17) is 4.74 Å². The van der Waals surface area contributed by atoms with Crippen LogP contribution in [-0.2, 0) is 21.4 Å². The summed E-state index contributed by atoms with van der Waals surface area (Å²) in [6.45, 7) is 7.35. The summed E-state index contributed by atoms with van der Waals surface area (Å²) in [4.78, 5) is 14.6. The standard InChI is InChI=1S/C24H33N3O4S/c1-19-6-4-7-20(2)24(19)31-17-5-8-23(28)25-18-21-9-11-22(12-10-21)32(29,30)27-15-13-26(3)14-16-27/h4,6-7,9-12H,5,8,13-18H2,1-3H3,(H,25,28). The van der Waals surface area contributed by atoms with E-state index in [1.165, 1.54) is 4.31 Å². The molecule has 32 heavy (non-hydrogen) atoms. The van der Waals surface area contributed by atoms with E-state index >= 15 is 0 Å². The Bertz CT molecular complexity index is 994. The maximum absolute atomic E-state index is 12.8. The number of piperazine rings is 1. The molecule has 0 radical (unpaired) electrons. The second-order valence-corrected chi connectivity index (χ2v) is 10.2. The molecule has 2 aromatic rings. The Labute approximate surface area is 191 Å². The van der Waals surface area contributed by atoms with Crippen molar-refractivity contribution in [2.75, 3.05) is 39.8 Å². The van der Waals surface area contributed by atoms with Crippen molar-refractivity contribution < 1.29 is 17.9 Å². The largest absolute Gasteiger partial charge is 0.493 e. The molecule has 1 fully saturated rings. The number of amides is 1. The van der Waals surface area contributed by atoms with Gasteiger partial charge < -0.3 is 15.0 Å². The molecule has 0 spiro atoms. The Balaban J connectivity index is 1.42. The van der Waals surface area contributed by atoms with Crippen molar-refractivity contribution in [1.82, 2.24) is 14.5 Å². The molecule has 1 aliphatic heterocycles. The summed E-state index contributed by atoms with van der Waals surface area (Å²) >= 11 is 0. The Kier molecular flexibility index (Phi) is 8.28. The first-order valence-corrected chi connectivity index (χ1v) is 12.4. The van der Waals surface area contributed by atoms with Crippen molar-refractivity contribution >= 4 is 15.9 Å². The van der Waals surface area contributed by atoms with Gasteiger partial charge in [-0.1, -0.05) is 30.3 Å². The Morgan fingerprint density at radius 2 is 1.62 bits per heavy atom. The minimum atomic E-state index is -3.47.